The standard InChI is InChI=1S/C33H24/c1-23-11-10-16-26(21-23)27-19-20-30-31(22-27)33(25-14-6-3-7-15-25)29-18-9-8-17-28(29)32(30)24-12-4-2-5-13-24/h2-22H,1H3. The van der Waals surface area contributed by atoms with E-state index >= 15 is 0 Å². The van der Waals surface area contributed by atoms with E-state index in [1.807, 2.05) is 0 Å². The predicted molar refractivity (Wildman–Crippen MR) is 142 cm³/mol. The topological polar surface area (TPSA) is 0 Å². The fourth-order valence-corrected chi connectivity index (χ4v) is 5.01. The zero-order valence-electron chi connectivity index (χ0n) is 18.6. The molecule has 0 bridgehead atoms. The summed E-state index contributed by atoms with van der Waals surface area (Å²) in [5.74, 6) is 0. The van der Waals surface area contributed by atoms with E-state index in [0.29, 0.717) is 0 Å². The molecule has 0 saturated carbocycles. The zero-order valence-corrected chi connectivity index (χ0v) is 18.6. The van der Waals surface area contributed by atoms with E-state index in [0.717, 1.165) is 0 Å². The molecule has 0 saturated heterocycles. The highest BCUT2D eigenvalue weighted by molar-refractivity contribution is 6.21. The molecule has 0 aliphatic rings. The molecule has 0 aliphatic heterocycles. The third-order valence-electron chi connectivity index (χ3n) is 6.50. The van der Waals surface area contributed by atoms with Crippen LogP contribution < -0.4 is 0 Å². The Morgan fingerprint density at radius 1 is 0.333 bits per heavy atom. The lowest BCUT2D eigenvalue weighted by Crippen LogP contribution is -1.91. The van der Waals surface area contributed by atoms with E-state index in [1.54, 1.807) is 0 Å². The molecule has 0 heteroatoms. The molecule has 0 spiro atoms. The molecule has 0 aromatic heterocycles. The number of fused-ring (bicyclic) bond motifs is 2. The summed E-state index contributed by atoms with van der Waals surface area (Å²) in [6, 6.07) is 46.1. The van der Waals surface area contributed by atoms with Gasteiger partial charge >= 0.3 is 0 Å². The van der Waals surface area contributed by atoms with E-state index in [-0.39, 0.29) is 0 Å². The summed E-state index contributed by atoms with van der Waals surface area (Å²) in [5, 5.41) is 5.16. The highest BCUT2D eigenvalue weighted by Crippen LogP contribution is 2.44. The molecule has 156 valence electrons. The molecule has 6 aromatic rings. The van der Waals surface area contributed by atoms with Crippen LogP contribution in [0.3, 0.4) is 0 Å². The average Bonchev–Trinajstić information content (AvgIpc) is 2.88. The highest BCUT2D eigenvalue weighted by atomic mass is 14.2. The summed E-state index contributed by atoms with van der Waals surface area (Å²) in [5.41, 5.74) is 8.88. The maximum absolute atomic E-state index is 2.38. The number of aryl methyl sites for hydroxylation is 1. The van der Waals surface area contributed by atoms with Gasteiger partial charge in [0.2, 0.25) is 0 Å². The van der Waals surface area contributed by atoms with Crippen LogP contribution in [0.4, 0.5) is 0 Å². The van der Waals surface area contributed by atoms with E-state index < -0.39 is 0 Å². The Labute approximate surface area is 194 Å². The lowest BCUT2D eigenvalue weighted by atomic mass is 9.85. The van der Waals surface area contributed by atoms with Gasteiger partial charge in [-0.25, -0.2) is 0 Å². The molecule has 0 amide bonds. The molecular formula is C33H24. The second-order valence-electron chi connectivity index (χ2n) is 8.66. The fraction of sp³-hybridized carbons (Fsp3) is 0.0303. The largest absolute Gasteiger partial charge is 0.0622 e. The molecule has 6 rings (SSSR count). The van der Waals surface area contributed by atoms with Crippen molar-refractivity contribution in [3.63, 3.8) is 0 Å². The summed E-state index contributed by atoms with van der Waals surface area (Å²) in [6.07, 6.45) is 0. The molecular weight excluding hydrogens is 396 g/mol. The molecule has 0 N–H and O–H groups in total. The zero-order chi connectivity index (χ0) is 22.2. The molecule has 0 fully saturated rings. The minimum Gasteiger partial charge on any atom is -0.0622 e. The van der Waals surface area contributed by atoms with Crippen molar-refractivity contribution in [3.05, 3.63) is 133 Å². The van der Waals surface area contributed by atoms with Crippen LogP contribution in [0.5, 0.6) is 0 Å². The van der Waals surface area contributed by atoms with Crippen molar-refractivity contribution in [2.24, 2.45) is 0 Å². The van der Waals surface area contributed by atoms with Crippen LogP contribution in [0, 0.1) is 6.92 Å². The lowest BCUT2D eigenvalue weighted by molar-refractivity contribution is 1.47. The third-order valence-corrected chi connectivity index (χ3v) is 6.50. The Hall–Kier alpha value is -4.16. The minimum atomic E-state index is 1.25. The van der Waals surface area contributed by atoms with Gasteiger partial charge in [-0.3, -0.25) is 0 Å². The molecule has 6 aromatic carbocycles. The number of rotatable bonds is 3. The molecule has 0 radical (unpaired) electrons. The van der Waals surface area contributed by atoms with Crippen LogP contribution in [0.25, 0.3) is 54.9 Å². The Kier molecular flexibility index (Phi) is 4.78. The van der Waals surface area contributed by atoms with Gasteiger partial charge in [0.25, 0.3) is 0 Å². The van der Waals surface area contributed by atoms with Crippen LogP contribution >= 0.6 is 0 Å². The van der Waals surface area contributed by atoms with E-state index in [9.17, 15) is 0 Å². The van der Waals surface area contributed by atoms with Gasteiger partial charge in [0.15, 0.2) is 0 Å². The molecule has 0 unspecified atom stereocenters. The van der Waals surface area contributed by atoms with Crippen molar-refractivity contribution in [1.82, 2.24) is 0 Å². The summed E-state index contributed by atoms with van der Waals surface area (Å²) < 4.78 is 0. The number of hydrogen-bond acceptors (Lipinski definition) is 0. The minimum absolute atomic E-state index is 1.25. The van der Waals surface area contributed by atoms with Gasteiger partial charge < -0.3 is 0 Å². The van der Waals surface area contributed by atoms with Crippen LogP contribution in [-0.2, 0) is 0 Å². The first-order valence-electron chi connectivity index (χ1n) is 11.5. The predicted octanol–water partition coefficient (Wildman–Crippen LogP) is 9.30. The van der Waals surface area contributed by atoms with Crippen molar-refractivity contribution >= 4 is 21.5 Å². The number of benzene rings is 6. The normalized spacial score (nSPS) is 11.2. The Morgan fingerprint density at radius 2 is 0.818 bits per heavy atom. The van der Waals surface area contributed by atoms with Crippen molar-refractivity contribution in [2.75, 3.05) is 0 Å². The van der Waals surface area contributed by atoms with Crippen molar-refractivity contribution in [2.45, 2.75) is 6.92 Å². The first-order valence-corrected chi connectivity index (χ1v) is 11.5. The molecule has 0 aliphatic carbocycles. The van der Waals surface area contributed by atoms with Gasteiger partial charge in [-0.2, -0.15) is 0 Å². The van der Waals surface area contributed by atoms with Gasteiger partial charge in [0.05, 0.1) is 0 Å². The van der Waals surface area contributed by atoms with E-state index in [4.69, 9.17) is 0 Å². The SMILES string of the molecule is Cc1cccc(-c2ccc3c(-c4ccccc4)c4ccccc4c(-c4ccccc4)c3c2)c1. The fourth-order valence-electron chi connectivity index (χ4n) is 5.01. The smallest absolute Gasteiger partial charge is 0.00262 e. The average molecular weight is 421 g/mol. The van der Waals surface area contributed by atoms with Gasteiger partial charge in [0.1, 0.15) is 0 Å². The maximum atomic E-state index is 2.38. The molecule has 0 atom stereocenters. The van der Waals surface area contributed by atoms with Gasteiger partial charge in [0, 0.05) is 0 Å². The van der Waals surface area contributed by atoms with Crippen molar-refractivity contribution in [1.29, 1.82) is 0 Å². The van der Waals surface area contributed by atoms with E-state index in [1.165, 1.54) is 60.5 Å². The van der Waals surface area contributed by atoms with Crippen LogP contribution in [-0.4, -0.2) is 0 Å². The Bertz CT molecular complexity index is 1590. The second-order valence-corrected chi connectivity index (χ2v) is 8.66. The second kappa shape index (κ2) is 8.07. The van der Waals surface area contributed by atoms with Crippen LogP contribution in [0.2, 0.25) is 0 Å². The Balaban J connectivity index is 1.79. The quantitative estimate of drug-likeness (QED) is 0.250. The molecule has 33 heavy (non-hydrogen) atoms. The first-order chi connectivity index (χ1) is 16.3. The summed E-state index contributed by atoms with van der Waals surface area (Å²) in [6.45, 7) is 2.15. The van der Waals surface area contributed by atoms with Crippen LogP contribution in [0.1, 0.15) is 5.56 Å². The monoisotopic (exact) mass is 420 g/mol. The molecule has 0 nitrogen and oxygen atoms in total. The van der Waals surface area contributed by atoms with Crippen molar-refractivity contribution in [3.8, 4) is 33.4 Å². The van der Waals surface area contributed by atoms with Crippen LogP contribution in [0.15, 0.2) is 127 Å². The van der Waals surface area contributed by atoms with Gasteiger partial charge in [-0.1, -0.05) is 127 Å². The summed E-state index contributed by atoms with van der Waals surface area (Å²) in [7, 11) is 0. The lowest BCUT2D eigenvalue weighted by Gasteiger charge is -2.18. The number of hydrogen-bond donors (Lipinski definition) is 0. The van der Waals surface area contributed by atoms with Gasteiger partial charge in [-0.15, -0.1) is 0 Å². The third kappa shape index (κ3) is 3.41. The van der Waals surface area contributed by atoms with Gasteiger partial charge in [-0.05, 0) is 67.9 Å². The summed E-state index contributed by atoms with van der Waals surface area (Å²) in [4.78, 5) is 0. The molecule has 0 heterocycles. The van der Waals surface area contributed by atoms with E-state index in [2.05, 4.69) is 134 Å². The summed E-state index contributed by atoms with van der Waals surface area (Å²) >= 11 is 0. The highest BCUT2D eigenvalue weighted by Gasteiger charge is 2.17. The first kappa shape index (κ1) is 19.5. The maximum Gasteiger partial charge on any atom is -0.00262 e. The van der Waals surface area contributed by atoms with Crippen molar-refractivity contribution < 1.29 is 0 Å². The Morgan fingerprint density at radius 3 is 1.42 bits per heavy atom.